The highest BCUT2D eigenvalue weighted by Crippen LogP contribution is 2.49. The molecule has 60 heavy (non-hydrogen) atoms. The fourth-order valence-corrected chi connectivity index (χ4v) is 10.2. The van der Waals surface area contributed by atoms with Gasteiger partial charge in [-0.1, -0.05) is 121 Å². The normalized spacial score (nSPS) is 18.6. The zero-order valence-corrected chi connectivity index (χ0v) is 35.9. The first-order chi connectivity index (χ1) is 28.9. The number of hydrogen-bond donors (Lipinski definition) is 1. The number of dihydropyridines is 1. The molecule has 0 atom stereocenters. The van der Waals surface area contributed by atoms with E-state index < -0.39 is 31.7 Å². The number of carbonyl (C=O) groups excluding carboxylic acids is 1. The van der Waals surface area contributed by atoms with Gasteiger partial charge in [0, 0.05) is 52.1 Å². The fourth-order valence-electron chi connectivity index (χ4n) is 7.10. The lowest BCUT2D eigenvalue weighted by Gasteiger charge is -2.21. The lowest BCUT2D eigenvalue weighted by molar-refractivity contribution is -0.111. The van der Waals surface area contributed by atoms with E-state index in [1.165, 1.54) is 23.5 Å². The molecule has 4 aromatic rings. The second-order valence-electron chi connectivity index (χ2n) is 14.3. The first-order valence-electron chi connectivity index (χ1n) is 19.5. The second-order valence-corrected chi connectivity index (χ2v) is 19.4. The summed E-state index contributed by atoms with van der Waals surface area (Å²) in [5.41, 5.74) is 7.28. The Morgan fingerprint density at radius 1 is 0.600 bits per heavy atom. The second kappa shape index (κ2) is 19.5. The van der Waals surface area contributed by atoms with Crippen molar-refractivity contribution in [3.63, 3.8) is 0 Å². The quantitative estimate of drug-likeness (QED) is 0.107. The third kappa shape index (κ3) is 11.4. The number of ketones is 1. The van der Waals surface area contributed by atoms with Crippen LogP contribution in [0.2, 0.25) is 0 Å². The van der Waals surface area contributed by atoms with Crippen LogP contribution >= 0.6 is 23.5 Å². The van der Waals surface area contributed by atoms with Crippen LogP contribution in [0.3, 0.4) is 0 Å². The van der Waals surface area contributed by atoms with Crippen molar-refractivity contribution < 1.29 is 30.7 Å². The maximum absolute atomic E-state index is 13.6. The van der Waals surface area contributed by atoms with E-state index in [1.54, 1.807) is 0 Å². The van der Waals surface area contributed by atoms with Gasteiger partial charge in [0.1, 0.15) is 0 Å². The molecule has 310 valence electrons. The lowest BCUT2D eigenvalue weighted by Crippen LogP contribution is -2.21. The monoisotopic (exact) mass is 877 g/mol. The molecule has 0 unspecified atom stereocenters. The van der Waals surface area contributed by atoms with Crippen molar-refractivity contribution in [2.75, 3.05) is 40.9 Å². The Hall–Kier alpha value is -5.09. The summed E-state index contributed by atoms with van der Waals surface area (Å²) >= 11 is 3.07. The van der Waals surface area contributed by atoms with E-state index in [4.69, 9.17) is 0 Å². The largest absolute Gasteiger partial charge is 0.748 e. The predicted molar refractivity (Wildman–Crippen MR) is 241 cm³/mol. The number of nitrogens with zero attached hydrogens (tertiary/aromatic N) is 2. The van der Waals surface area contributed by atoms with E-state index in [-0.39, 0.29) is 18.6 Å². The summed E-state index contributed by atoms with van der Waals surface area (Å²) in [6, 6.07) is 32.2. The molecule has 1 fully saturated rings. The zero-order chi connectivity index (χ0) is 42.1. The van der Waals surface area contributed by atoms with Gasteiger partial charge in [0.25, 0.3) is 0 Å². The Morgan fingerprint density at radius 3 is 1.43 bits per heavy atom. The van der Waals surface area contributed by atoms with Crippen LogP contribution in [0, 0.1) is 0 Å². The molecule has 0 spiro atoms. The minimum Gasteiger partial charge on any atom is -0.748 e. The van der Waals surface area contributed by atoms with Crippen LogP contribution in [0.15, 0.2) is 177 Å². The van der Waals surface area contributed by atoms with Gasteiger partial charge >= 0.3 is 0 Å². The van der Waals surface area contributed by atoms with Crippen molar-refractivity contribution in [1.82, 2.24) is 5.32 Å². The molecule has 4 aromatic carbocycles. The minimum absolute atomic E-state index is 0.0598. The van der Waals surface area contributed by atoms with Gasteiger partial charge in [-0.15, -0.1) is 0 Å². The van der Waals surface area contributed by atoms with Crippen LogP contribution in [0.4, 0.5) is 11.4 Å². The summed E-state index contributed by atoms with van der Waals surface area (Å²) in [4.78, 5) is 19.7. The molecule has 3 aliphatic heterocycles. The lowest BCUT2D eigenvalue weighted by atomic mass is 10.0. The fraction of sp³-hybridized carbons (Fsp3) is 0.196. The molecule has 0 amide bonds. The summed E-state index contributed by atoms with van der Waals surface area (Å²) in [5, 5.41) is 4.69. The molecule has 1 saturated carbocycles. The van der Waals surface area contributed by atoms with Gasteiger partial charge in [0.05, 0.1) is 41.7 Å². The van der Waals surface area contributed by atoms with E-state index in [0.717, 1.165) is 60.0 Å². The highest BCUT2D eigenvalue weighted by molar-refractivity contribution is 8.04. The summed E-state index contributed by atoms with van der Waals surface area (Å²) in [7, 11) is -8.73. The third-order valence-corrected chi connectivity index (χ3v) is 13.9. The van der Waals surface area contributed by atoms with Gasteiger partial charge in [-0.05, 0) is 96.6 Å². The van der Waals surface area contributed by atoms with Crippen molar-refractivity contribution in [3.8, 4) is 22.3 Å². The van der Waals surface area contributed by atoms with E-state index in [2.05, 4.69) is 23.5 Å². The van der Waals surface area contributed by atoms with Gasteiger partial charge in [-0.25, -0.2) is 16.8 Å². The molecular formula is C46H43N3O7S4-2. The number of anilines is 2. The van der Waals surface area contributed by atoms with Crippen LogP contribution in [0.25, 0.3) is 22.3 Å². The summed E-state index contributed by atoms with van der Waals surface area (Å²) in [5.74, 6) is -0.994. The van der Waals surface area contributed by atoms with E-state index in [0.29, 0.717) is 37.1 Å². The number of nitrogens with one attached hydrogen (secondary N) is 1. The average molecular weight is 878 g/mol. The average Bonchev–Trinajstić information content (AvgIpc) is 3.91. The van der Waals surface area contributed by atoms with Gasteiger partial charge < -0.3 is 24.2 Å². The summed E-state index contributed by atoms with van der Waals surface area (Å²) in [6.45, 7) is 1.63. The Balaban J connectivity index is 0.000000834. The predicted octanol–water partition coefficient (Wildman–Crippen LogP) is 8.97. The maximum Gasteiger partial charge on any atom is 0.185 e. The van der Waals surface area contributed by atoms with Crippen LogP contribution in [-0.4, -0.2) is 62.9 Å². The molecule has 0 aromatic heterocycles. The molecule has 10 nitrogen and oxygen atoms in total. The van der Waals surface area contributed by atoms with Crippen LogP contribution < -0.4 is 15.1 Å². The Labute approximate surface area is 360 Å². The van der Waals surface area contributed by atoms with Gasteiger partial charge in [-0.2, -0.15) is 0 Å². The molecule has 8 rings (SSSR count). The maximum atomic E-state index is 13.6. The standard InChI is InChI=1S/C41H38N2O7S4.C5H7N/c44-41-31(17-21-39-42(23-7-25-53(45,46)47)35-27-33(15-19-37(35)51-39)29-9-3-1-4-10-29)13-14-32(41)18-22-40-43(24-8-26-54(48,49)50)36-28-34(16-20-38(36)52-40)30-11-5-2-6-12-30;1-2-4-6-5-3-1/h1-6,9-12,15-22,27-28H,7-8,13-14,23-26H2,(H,45,46,47)(H,48,49,50);1-4,6H,5H2/p-2/b31-17+,32-18+,39-21-,40-22-;. The molecule has 14 heteroatoms. The first-order valence-corrected chi connectivity index (χ1v) is 24.3. The van der Waals surface area contributed by atoms with Crippen LogP contribution in [0.1, 0.15) is 25.7 Å². The number of thioether (sulfide) groups is 2. The zero-order valence-electron chi connectivity index (χ0n) is 32.6. The van der Waals surface area contributed by atoms with Crippen molar-refractivity contribution in [1.29, 1.82) is 0 Å². The molecule has 4 aliphatic rings. The Kier molecular flexibility index (Phi) is 14.0. The summed E-state index contributed by atoms with van der Waals surface area (Å²) in [6.07, 6.45) is 16.9. The molecule has 1 N–H and O–H groups in total. The summed E-state index contributed by atoms with van der Waals surface area (Å²) < 4.78 is 68.5. The number of hydrogen-bond acceptors (Lipinski definition) is 12. The van der Waals surface area contributed by atoms with E-state index >= 15 is 0 Å². The molecular weight excluding hydrogens is 835 g/mol. The van der Waals surface area contributed by atoms with Crippen molar-refractivity contribution in [3.05, 3.63) is 167 Å². The van der Waals surface area contributed by atoms with E-state index in [1.807, 2.05) is 137 Å². The topological polar surface area (TPSA) is 150 Å². The highest BCUT2D eigenvalue weighted by Gasteiger charge is 2.28. The van der Waals surface area contributed by atoms with Crippen LogP contribution in [0.5, 0.6) is 0 Å². The molecule has 1 aliphatic carbocycles. The molecule has 3 heterocycles. The van der Waals surface area contributed by atoms with Crippen molar-refractivity contribution in [2.45, 2.75) is 35.5 Å². The first kappa shape index (κ1) is 43.0. The van der Waals surface area contributed by atoms with Gasteiger partial charge in [0.2, 0.25) is 0 Å². The highest BCUT2D eigenvalue weighted by atomic mass is 32.2. The SMILES string of the molecule is C1=CCNC=C1.O=C1/C(=C/C=C2\Sc3ccc(-c4ccccc4)cc3N2CCCS(=O)(=O)[O-])CC/C1=C\C=C1/Sc2ccc(-c3ccccc3)cc2N1CCCS(=O)(=O)[O-]. The third-order valence-electron chi connectivity index (χ3n) is 10.0. The van der Waals surface area contributed by atoms with Crippen LogP contribution in [-0.2, 0) is 25.0 Å². The number of carbonyl (C=O) groups is 1. The van der Waals surface area contributed by atoms with Crippen molar-refractivity contribution in [2.24, 2.45) is 0 Å². The van der Waals surface area contributed by atoms with Gasteiger partial charge in [0.15, 0.2) is 5.78 Å². The molecule has 0 saturated heterocycles. The number of rotatable bonds is 12. The van der Waals surface area contributed by atoms with E-state index in [9.17, 15) is 30.7 Å². The number of benzene rings is 4. The van der Waals surface area contributed by atoms with Gasteiger partial charge in [-0.3, -0.25) is 4.79 Å². The number of Topliss-reactive ketones (excluding diaryl/α,β-unsaturated/α-hetero) is 1. The Morgan fingerprint density at radius 2 is 1.07 bits per heavy atom. The van der Waals surface area contributed by atoms with Crippen molar-refractivity contribution >= 4 is 60.9 Å². The molecule has 0 bridgehead atoms. The Bertz CT molecular complexity index is 2460. The number of allylic oxidation sites excluding steroid dienone is 8. The number of fused-ring (bicyclic) bond motifs is 2. The molecule has 0 radical (unpaired) electrons. The minimum atomic E-state index is -4.37. The smallest absolute Gasteiger partial charge is 0.185 e.